The number of carbonyl (C=O) groups is 1. The first-order valence-corrected chi connectivity index (χ1v) is 3.87. The highest BCUT2D eigenvalue weighted by atomic mass is 19.1. The first-order chi connectivity index (χ1) is 6.27. The summed E-state index contributed by atoms with van der Waals surface area (Å²) in [6, 6.07) is 4.24. The van der Waals surface area contributed by atoms with Crippen molar-refractivity contribution in [3.63, 3.8) is 0 Å². The summed E-state index contributed by atoms with van der Waals surface area (Å²) in [4.78, 5) is 10.3. The highest BCUT2D eigenvalue weighted by Crippen LogP contribution is 2.16. The lowest BCUT2D eigenvalue weighted by atomic mass is 10.1. The molecule has 0 spiro atoms. The number of nitrogens with one attached hydrogen (secondary N) is 1. The lowest BCUT2D eigenvalue weighted by Gasteiger charge is -2.06. The van der Waals surface area contributed by atoms with Gasteiger partial charge in [0.05, 0.1) is 0 Å². The van der Waals surface area contributed by atoms with Gasteiger partial charge in [-0.15, -0.1) is 0 Å². The van der Waals surface area contributed by atoms with Gasteiger partial charge in [-0.25, -0.2) is 4.39 Å². The molecule has 1 rings (SSSR count). The van der Waals surface area contributed by atoms with Crippen molar-refractivity contribution in [1.82, 2.24) is 0 Å². The number of hydrogen-bond acceptors (Lipinski definition) is 2. The van der Waals surface area contributed by atoms with Gasteiger partial charge in [-0.2, -0.15) is 0 Å². The molecule has 1 N–H and O–H groups in total. The van der Waals surface area contributed by atoms with Crippen molar-refractivity contribution in [1.29, 1.82) is 0 Å². The van der Waals surface area contributed by atoms with Crippen LogP contribution in [-0.2, 0) is 11.2 Å². The smallest absolute Gasteiger partial charge is 0.125 e. The van der Waals surface area contributed by atoms with Crippen LogP contribution in [0.3, 0.4) is 0 Å². The van der Waals surface area contributed by atoms with Crippen molar-refractivity contribution in [3.8, 4) is 0 Å². The van der Waals surface area contributed by atoms with Crippen LogP contribution >= 0.6 is 0 Å². The van der Waals surface area contributed by atoms with Crippen LogP contribution in [0.15, 0.2) is 31.0 Å². The van der Waals surface area contributed by atoms with Gasteiger partial charge in [0, 0.05) is 12.1 Å². The third-order valence-electron chi connectivity index (χ3n) is 1.63. The van der Waals surface area contributed by atoms with E-state index in [0.717, 1.165) is 11.8 Å². The normalized spacial score (nSPS) is 9.31. The minimum absolute atomic E-state index is 0.274. The maximum atomic E-state index is 12.7. The molecule has 0 radical (unpaired) electrons. The highest BCUT2D eigenvalue weighted by Gasteiger charge is 2.01. The van der Waals surface area contributed by atoms with Crippen molar-refractivity contribution < 1.29 is 9.18 Å². The third-order valence-corrected chi connectivity index (χ3v) is 1.63. The minimum atomic E-state index is -0.334. The molecule has 0 bridgehead atoms. The number of rotatable bonds is 4. The SMILES string of the molecule is C=CNc1cc(F)ccc1CC=O. The van der Waals surface area contributed by atoms with Gasteiger partial charge in [0.25, 0.3) is 0 Å². The monoisotopic (exact) mass is 179 g/mol. The fourth-order valence-corrected chi connectivity index (χ4v) is 1.06. The highest BCUT2D eigenvalue weighted by molar-refractivity contribution is 5.63. The fraction of sp³-hybridized carbons (Fsp3) is 0.100. The molecule has 0 saturated heterocycles. The summed E-state index contributed by atoms with van der Waals surface area (Å²) in [6.07, 6.45) is 2.50. The molecule has 0 amide bonds. The van der Waals surface area contributed by atoms with Crippen molar-refractivity contribution in [3.05, 3.63) is 42.4 Å². The van der Waals surface area contributed by atoms with Gasteiger partial charge in [-0.3, -0.25) is 0 Å². The molecule has 68 valence electrons. The maximum absolute atomic E-state index is 12.7. The molecule has 0 heterocycles. The van der Waals surface area contributed by atoms with E-state index in [0.29, 0.717) is 5.69 Å². The molecule has 3 heteroatoms. The van der Waals surface area contributed by atoms with E-state index < -0.39 is 0 Å². The van der Waals surface area contributed by atoms with E-state index in [9.17, 15) is 9.18 Å². The van der Waals surface area contributed by atoms with Gasteiger partial charge in [-0.05, 0) is 23.9 Å². The van der Waals surface area contributed by atoms with Crippen molar-refractivity contribution in [2.75, 3.05) is 5.32 Å². The summed E-state index contributed by atoms with van der Waals surface area (Å²) < 4.78 is 12.7. The number of hydrogen-bond donors (Lipinski definition) is 1. The fourth-order valence-electron chi connectivity index (χ4n) is 1.06. The van der Waals surface area contributed by atoms with Crippen LogP contribution in [-0.4, -0.2) is 6.29 Å². The summed E-state index contributed by atoms with van der Waals surface area (Å²) in [5.74, 6) is -0.334. The van der Waals surface area contributed by atoms with Gasteiger partial charge in [0.1, 0.15) is 12.1 Å². The maximum Gasteiger partial charge on any atom is 0.125 e. The quantitative estimate of drug-likeness (QED) is 0.717. The zero-order chi connectivity index (χ0) is 9.68. The van der Waals surface area contributed by atoms with Gasteiger partial charge in [0.15, 0.2) is 0 Å². The van der Waals surface area contributed by atoms with Gasteiger partial charge in [-0.1, -0.05) is 12.6 Å². The molecular formula is C10H10FNO. The molecule has 1 aromatic rings. The van der Waals surface area contributed by atoms with Crippen LogP contribution in [0.1, 0.15) is 5.56 Å². The van der Waals surface area contributed by atoms with Crippen molar-refractivity contribution in [2.24, 2.45) is 0 Å². The summed E-state index contributed by atoms with van der Waals surface area (Å²) in [7, 11) is 0. The Morgan fingerprint density at radius 1 is 1.54 bits per heavy atom. The molecule has 0 aliphatic rings. The first kappa shape index (κ1) is 9.45. The summed E-state index contributed by atoms with van der Waals surface area (Å²) >= 11 is 0. The van der Waals surface area contributed by atoms with E-state index in [4.69, 9.17) is 0 Å². The number of carbonyl (C=O) groups excluding carboxylic acids is 1. The van der Waals surface area contributed by atoms with Crippen LogP contribution < -0.4 is 5.32 Å². The van der Waals surface area contributed by atoms with Crippen LogP contribution in [0.2, 0.25) is 0 Å². The van der Waals surface area contributed by atoms with Crippen LogP contribution in [0, 0.1) is 5.82 Å². The number of anilines is 1. The molecule has 0 fully saturated rings. The van der Waals surface area contributed by atoms with E-state index in [2.05, 4.69) is 11.9 Å². The zero-order valence-corrected chi connectivity index (χ0v) is 7.09. The number of benzene rings is 1. The lowest BCUT2D eigenvalue weighted by molar-refractivity contribution is -0.107. The molecule has 0 aliphatic carbocycles. The predicted molar refractivity (Wildman–Crippen MR) is 50.0 cm³/mol. The van der Waals surface area contributed by atoms with E-state index in [1.807, 2.05) is 0 Å². The van der Waals surface area contributed by atoms with E-state index in [-0.39, 0.29) is 12.2 Å². The standard InChI is InChI=1S/C10H10FNO/c1-2-12-10-7-9(11)4-3-8(10)5-6-13/h2-4,6-7,12H,1,5H2. The molecule has 0 aliphatic heterocycles. The average Bonchev–Trinajstić information content (AvgIpc) is 2.10. The molecule has 13 heavy (non-hydrogen) atoms. The van der Waals surface area contributed by atoms with Crippen LogP contribution in [0.5, 0.6) is 0 Å². The number of aldehydes is 1. The topological polar surface area (TPSA) is 29.1 Å². The summed E-state index contributed by atoms with van der Waals surface area (Å²) in [6.45, 7) is 3.46. The second-order valence-corrected chi connectivity index (χ2v) is 2.52. The lowest BCUT2D eigenvalue weighted by Crippen LogP contribution is -1.96. The van der Waals surface area contributed by atoms with Crippen LogP contribution in [0.4, 0.5) is 10.1 Å². The van der Waals surface area contributed by atoms with Gasteiger partial charge in [0.2, 0.25) is 0 Å². The Bertz CT molecular complexity index is 323. The van der Waals surface area contributed by atoms with E-state index in [1.165, 1.54) is 18.3 Å². The minimum Gasteiger partial charge on any atom is -0.362 e. The molecule has 0 unspecified atom stereocenters. The van der Waals surface area contributed by atoms with Crippen molar-refractivity contribution >= 4 is 12.0 Å². The predicted octanol–water partition coefficient (Wildman–Crippen LogP) is 2.12. The molecule has 0 aromatic heterocycles. The third kappa shape index (κ3) is 2.40. The van der Waals surface area contributed by atoms with Gasteiger partial charge < -0.3 is 10.1 Å². The second kappa shape index (κ2) is 4.40. The van der Waals surface area contributed by atoms with Crippen LogP contribution in [0.25, 0.3) is 0 Å². The zero-order valence-electron chi connectivity index (χ0n) is 7.09. The summed E-state index contributed by atoms with van der Waals surface area (Å²) in [5.41, 5.74) is 1.35. The number of halogens is 1. The van der Waals surface area contributed by atoms with E-state index in [1.54, 1.807) is 6.07 Å². The van der Waals surface area contributed by atoms with E-state index >= 15 is 0 Å². The Morgan fingerprint density at radius 3 is 2.92 bits per heavy atom. The Labute approximate surface area is 76.1 Å². The Kier molecular flexibility index (Phi) is 3.20. The molecule has 0 saturated carbocycles. The Hall–Kier alpha value is -1.64. The molecule has 1 aromatic carbocycles. The summed E-state index contributed by atoms with van der Waals surface area (Å²) in [5, 5.41) is 2.77. The molecule has 0 atom stereocenters. The van der Waals surface area contributed by atoms with Gasteiger partial charge >= 0.3 is 0 Å². The largest absolute Gasteiger partial charge is 0.362 e. The molecule has 2 nitrogen and oxygen atoms in total. The Balaban J connectivity index is 3.01. The first-order valence-electron chi connectivity index (χ1n) is 3.87. The Morgan fingerprint density at radius 2 is 2.31 bits per heavy atom. The van der Waals surface area contributed by atoms with Crippen molar-refractivity contribution in [2.45, 2.75) is 6.42 Å². The average molecular weight is 179 g/mol. The second-order valence-electron chi connectivity index (χ2n) is 2.52. The molecular weight excluding hydrogens is 169 g/mol.